The number of rotatable bonds is 3. The first-order chi connectivity index (χ1) is 6.93. The van der Waals surface area contributed by atoms with Crippen LogP contribution in [0, 0.1) is 10.1 Å². The molecule has 0 aromatic heterocycles. The lowest BCUT2D eigenvalue weighted by Crippen LogP contribution is -2.57. The van der Waals surface area contributed by atoms with Gasteiger partial charge in [0.2, 0.25) is 0 Å². The molecule has 8 nitrogen and oxygen atoms in total. The third-order valence-electron chi connectivity index (χ3n) is 1.92. The Morgan fingerprint density at radius 2 is 2.27 bits per heavy atom. The van der Waals surface area contributed by atoms with Gasteiger partial charge in [-0.3, -0.25) is 14.9 Å². The van der Waals surface area contributed by atoms with E-state index in [0.29, 0.717) is 0 Å². The first-order valence-corrected chi connectivity index (χ1v) is 4.30. The second-order valence-corrected chi connectivity index (χ2v) is 3.41. The van der Waals surface area contributed by atoms with Crippen LogP contribution in [-0.4, -0.2) is 60.4 Å². The standard InChI is InChI=1S/C7H13N5O3/c1-10(2)9-6-5(12(14)15)7(13)11(3)4-8-6/h4-6,9H,1-3H3/t5-,6-/m0/s1. The van der Waals surface area contributed by atoms with Gasteiger partial charge in [-0.05, 0) is 0 Å². The molecule has 15 heavy (non-hydrogen) atoms. The lowest BCUT2D eigenvalue weighted by Gasteiger charge is -2.27. The molecule has 1 rings (SSSR count). The fraction of sp³-hybridized carbons (Fsp3) is 0.714. The number of hydrogen-bond donors (Lipinski definition) is 1. The summed E-state index contributed by atoms with van der Waals surface area (Å²) >= 11 is 0. The zero-order valence-corrected chi connectivity index (χ0v) is 8.75. The van der Waals surface area contributed by atoms with E-state index < -0.39 is 23.0 Å². The summed E-state index contributed by atoms with van der Waals surface area (Å²) in [5.74, 6) is -0.575. The normalized spacial score (nSPS) is 26.1. The van der Waals surface area contributed by atoms with Crippen LogP contribution in [0.1, 0.15) is 0 Å². The van der Waals surface area contributed by atoms with Crippen molar-refractivity contribution in [1.29, 1.82) is 0 Å². The van der Waals surface area contributed by atoms with Crippen LogP contribution in [0.4, 0.5) is 0 Å². The Bertz CT molecular complexity index is 303. The van der Waals surface area contributed by atoms with Gasteiger partial charge in [-0.25, -0.2) is 15.4 Å². The molecule has 2 atom stereocenters. The van der Waals surface area contributed by atoms with E-state index in [0.717, 1.165) is 4.90 Å². The molecule has 0 aromatic carbocycles. The Kier molecular flexibility index (Phi) is 3.32. The number of nitrogens with one attached hydrogen (secondary N) is 1. The monoisotopic (exact) mass is 215 g/mol. The Hall–Kier alpha value is -1.54. The number of aliphatic imine (C=N–C) groups is 1. The molecule has 0 radical (unpaired) electrons. The zero-order valence-electron chi connectivity index (χ0n) is 8.75. The Labute approximate surface area is 86.7 Å². The third-order valence-corrected chi connectivity index (χ3v) is 1.92. The van der Waals surface area contributed by atoms with Crippen LogP contribution in [-0.2, 0) is 4.79 Å². The number of hydrogen-bond acceptors (Lipinski definition) is 6. The summed E-state index contributed by atoms with van der Waals surface area (Å²) < 4.78 is 0. The van der Waals surface area contributed by atoms with Gasteiger partial charge >= 0.3 is 11.9 Å². The molecule has 8 heteroatoms. The average Bonchev–Trinajstić information content (AvgIpc) is 2.10. The minimum Gasteiger partial charge on any atom is -0.300 e. The topological polar surface area (TPSA) is 91.1 Å². The Morgan fingerprint density at radius 1 is 1.67 bits per heavy atom. The van der Waals surface area contributed by atoms with Crippen molar-refractivity contribution in [2.75, 3.05) is 21.1 Å². The highest BCUT2D eigenvalue weighted by atomic mass is 16.6. The maximum absolute atomic E-state index is 11.5. The SMILES string of the molecule is CN(C)N[C@@H]1N=CN(C)C(=O)[C@H]1[N+](=O)[O-]. The van der Waals surface area contributed by atoms with Crippen LogP contribution in [0.2, 0.25) is 0 Å². The second kappa shape index (κ2) is 4.32. The number of nitro groups is 1. The first kappa shape index (κ1) is 11.5. The summed E-state index contributed by atoms with van der Waals surface area (Å²) in [5, 5.41) is 12.3. The van der Waals surface area contributed by atoms with Gasteiger partial charge in [-0.1, -0.05) is 0 Å². The van der Waals surface area contributed by atoms with E-state index in [1.807, 2.05) is 0 Å². The van der Waals surface area contributed by atoms with Crippen molar-refractivity contribution in [3.63, 3.8) is 0 Å². The molecule has 1 aliphatic rings. The molecule has 0 spiro atoms. The van der Waals surface area contributed by atoms with E-state index in [2.05, 4.69) is 10.4 Å². The molecular weight excluding hydrogens is 202 g/mol. The molecule has 0 bridgehead atoms. The maximum atomic E-state index is 11.5. The Balaban J connectivity index is 2.89. The predicted octanol–water partition coefficient (Wildman–Crippen LogP) is -1.48. The smallest absolute Gasteiger partial charge is 0.300 e. The number of amides is 1. The van der Waals surface area contributed by atoms with Crippen LogP contribution >= 0.6 is 0 Å². The van der Waals surface area contributed by atoms with Gasteiger partial charge < -0.3 is 4.90 Å². The van der Waals surface area contributed by atoms with Crippen molar-refractivity contribution in [2.45, 2.75) is 12.2 Å². The first-order valence-electron chi connectivity index (χ1n) is 4.30. The second-order valence-electron chi connectivity index (χ2n) is 3.41. The number of carbonyl (C=O) groups excluding carboxylic acids is 1. The van der Waals surface area contributed by atoms with Gasteiger partial charge in [0.25, 0.3) is 0 Å². The van der Waals surface area contributed by atoms with E-state index in [4.69, 9.17) is 0 Å². The van der Waals surface area contributed by atoms with Crippen molar-refractivity contribution >= 4 is 12.2 Å². The predicted molar refractivity (Wildman–Crippen MR) is 52.7 cm³/mol. The average molecular weight is 215 g/mol. The lowest BCUT2D eigenvalue weighted by atomic mass is 10.2. The van der Waals surface area contributed by atoms with Crippen molar-refractivity contribution in [3.8, 4) is 0 Å². The van der Waals surface area contributed by atoms with Gasteiger partial charge in [0.1, 0.15) is 0 Å². The van der Waals surface area contributed by atoms with Crippen LogP contribution in [0.3, 0.4) is 0 Å². The number of likely N-dealkylation sites (N-methyl/N-ethyl adjacent to an activating group) is 1. The molecule has 1 heterocycles. The van der Waals surface area contributed by atoms with E-state index in [-0.39, 0.29) is 0 Å². The van der Waals surface area contributed by atoms with Gasteiger partial charge in [0.15, 0.2) is 6.17 Å². The van der Waals surface area contributed by atoms with Crippen molar-refractivity contribution in [3.05, 3.63) is 10.1 Å². The largest absolute Gasteiger partial charge is 0.326 e. The van der Waals surface area contributed by atoms with Gasteiger partial charge in [0.05, 0.1) is 6.34 Å². The van der Waals surface area contributed by atoms with E-state index >= 15 is 0 Å². The van der Waals surface area contributed by atoms with Crippen LogP contribution in [0.15, 0.2) is 4.99 Å². The van der Waals surface area contributed by atoms with E-state index in [1.54, 1.807) is 14.1 Å². The van der Waals surface area contributed by atoms with Crippen LogP contribution in [0.25, 0.3) is 0 Å². The number of nitrogens with zero attached hydrogens (tertiary/aromatic N) is 4. The molecule has 0 aliphatic carbocycles. The van der Waals surface area contributed by atoms with Gasteiger partial charge in [-0.15, -0.1) is 0 Å². The molecule has 1 N–H and O–H groups in total. The molecule has 0 saturated heterocycles. The summed E-state index contributed by atoms with van der Waals surface area (Å²) in [6.45, 7) is 0. The number of hydrazine groups is 1. The van der Waals surface area contributed by atoms with Crippen molar-refractivity contribution < 1.29 is 9.72 Å². The molecule has 84 valence electrons. The minimum atomic E-state index is -1.37. The van der Waals surface area contributed by atoms with E-state index in [1.165, 1.54) is 18.4 Å². The molecule has 0 saturated carbocycles. The molecular formula is C7H13N5O3. The molecule has 0 aromatic rings. The van der Waals surface area contributed by atoms with Crippen molar-refractivity contribution in [2.24, 2.45) is 4.99 Å². The zero-order chi connectivity index (χ0) is 11.6. The highest BCUT2D eigenvalue weighted by Crippen LogP contribution is 2.08. The molecule has 1 amide bonds. The quantitative estimate of drug-likeness (QED) is 0.458. The molecule has 0 unspecified atom stereocenters. The third kappa shape index (κ3) is 2.48. The van der Waals surface area contributed by atoms with Gasteiger partial charge in [-0.2, -0.15) is 0 Å². The summed E-state index contributed by atoms with van der Waals surface area (Å²) in [7, 11) is 4.79. The fourth-order valence-electron chi connectivity index (χ4n) is 1.23. The Morgan fingerprint density at radius 3 is 2.73 bits per heavy atom. The lowest BCUT2D eigenvalue weighted by molar-refractivity contribution is -0.514. The van der Waals surface area contributed by atoms with Crippen LogP contribution in [0.5, 0.6) is 0 Å². The summed E-state index contributed by atoms with van der Waals surface area (Å²) in [6, 6.07) is -1.37. The highest BCUT2D eigenvalue weighted by Gasteiger charge is 2.43. The summed E-state index contributed by atoms with van der Waals surface area (Å²) in [4.78, 5) is 26.6. The summed E-state index contributed by atoms with van der Waals surface area (Å²) in [5.41, 5.74) is 2.71. The van der Waals surface area contributed by atoms with Gasteiger partial charge in [0, 0.05) is 26.1 Å². The molecule has 1 aliphatic heterocycles. The van der Waals surface area contributed by atoms with Crippen molar-refractivity contribution in [1.82, 2.24) is 15.3 Å². The van der Waals surface area contributed by atoms with E-state index in [9.17, 15) is 14.9 Å². The minimum absolute atomic E-state index is 0.575. The highest BCUT2D eigenvalue weighted by molar-refractivity contribution is 5.92. The number of carbonyl (C=O) groups is 1. The van der Waals surface area contributed by atoms with Crippen LogP contribution < -0.4 is 5.43 Å². The molecule has 0 fully saturated rings. The maximum Gasteiger partial charge on any atom is 0.326 e. The fourth-order valence-corrected chi connectivity index (χ4v) is 1.23. The summed E-state index contributed by atoms with van der Waals surface area (Å²) in [6.07, 6.45) is 0.433.